The zero-order valence-electron chi connectivity index (χ0n) is 14.2. The highest BCUT2D eigenvalue weighted by molar-refractivity contribution is 7.89. The number of hydrogen-bond donors (Lipinski definition) is 1. The van der Waals surface area contributed by atoms with Gasteiger partial charge in [-0.15, -0.1) is 0 Å². The number of benzene rings is 1. The fourth-order valence-corrected chi connectivity index (χ4v) is 4.93. The minimum atomic E-state index is -3.83. The second-order valence-corrected chi connectivity index (χ2v) is 7.44. The molecule has 134 valence electrons. The smallest absolute Gasteiger partial charge is 0.251 e. The highest BCUT2D eigenvalue weighted by atomic mass is 32.2. The summed E-state index contributed by atoms with van der Waals surface area (Å²) in [6.07, 6.45) is 3.36. The van der Waals surface area contributed by atoms with Crippen LogP contribution in [-0.2, 0) is 10.0 Å². The highest BCUT2D eigenvalue weighted by Gasteiger charge is 2.38. The van der Waals surface area contributed by atoms with Gasteiger partial charge in [-0.05, 0) is 23.8 Å². The molecule has 1 aliphatic heterocycles. The van der Waals surface area contributed by atoms with Crippen LogP contribution < -0.4 is 14.8 Å². The van der Waals surface area contributed by atoms with Crippen molar-refractivity contribution in [1.82, 2.24) is 14.6 Å². The molecule has 1 fully saturated rings. The summed E-state index contributed by atoms with van der Waals surface area (Å²) < 4.78 is 39.0. The van der Waals surface area contributed by atoms with Gasteiger partial charge in [0.15, 0.2) is 4.90 Å². The summed E-state index contributed by atoms with van der Waals surface area (Å²) in [6, 6.07) is 8.29. The first kappa shape index (κ1) is 17.7. The van der Waals surface area contributed by atoms with E-state index >= 15 is 0 Å². The SMILES string of the molecule is COc1cccc(OC)c1S(=O)(=O)N1CCNCC1c1cccnc1. The van der Waals surface area contributed by atoms with Gasteiger partial charge < -0.3 is 14.8 Å². The van der Waals surface area contributed by atoms with Gasteiger partial charge in [0.1, 0.15) is 11.5 Å². The van der Waals surface area contributed by atoms with Crippen molar-refractivity contribution in [3.8, 4) is 11.5 Å². The lowest BCUT2D eigenvalue weighted by Gasteiger charge is -2.35. The average Bonchev–Trinajstić information content (AvgIpc) is 2.67. The molecule has 1 aromatic carbocycles. The molecule has 1 N–H and O–H groups in total. The van der Waals surface area contributed by atoms with Crippen molar-refractivity contribution in [3.63, 3.8) is 0 Å². The van der Waals surface area contributed by atoms with Crippen LogP contribution in [0.1, 0.15) is 11.6 Å². The molecule has 0 spiro atoms. The Balaban J connectivity index is 2.10. The number of pyridine rings is 1. The normalized spacial score (nSPS) is 18.7. The van der Waals surface area contributed by atoms with Crippen LogP contribution in [0, 0.1) is 0 Å². The highest BCUT2D eigenvalue weighted by Crippen LogP contribution is 2.38. The molecule has 1 unspecified atom stereocenters. The number of hydrogen-bond acceptors (Lipinski definition) is 6. The molecule has 1 saturated heterocycles. The Morgan fingerprint density at radius 1 is 1.16 bits per heavy atom. The van der Waals surface area contributed by atoms with E-state index in [0.717, 1.165) is 5.56 Å². The molecule has 0 saturated carbocycles. The van der Waals surface area contributed by atoms with Crippen molar-refractivity contribution in [2.45, 2.75) is 10.9 Å². The maximum Gasteiger partial charge on any atom is 0.251 e. The second-order valence-electron chi connectivity index (χ2n) is 5.61. The van der Waals surface area contributed by atoms with E-state index in [1.54, 1.807) is 36.7 Å². The summed E-state index contributed by atoms with van der Waals surface area (Å²) in [6.45, 7) is 1.44. The predicted octanol–water partition coefficient (Wildman–Crippen LogP) is 1.43. The first-order valence-electron chi connectivity index (χ1n) is 7.93. The summed E-state index contributed by atoms with van der Waals surface area (Å²) >= 11 is 0. The number of nitrogens with zero attached hydrogens (tertiary/aromatic N) is 2. The Bertz CT molecular complexity index is 805. The Morgan fingerprint density at radius 2 is 1.88 bits per heavy atom. The molecule has 0 bridgehead atoms. The van der Waals surface area contributed by atoms with E-state index in [2.05, 4.69) is 10.3 Å². The van der Waals surface area contributed by atoms with Crippen LogP contribution in [0.5, 0.6) is 11.5 Å². The molecule has 2 aromatic rings. The summed E-state index contributed by atoms with van der Waals surface area (Å²) in [7, 11) is -0.932. The average molecular weight is 363 g/mol. The van der Waals surface area contributed by atoms with Crippen LogP contribution in [-0.4, -0.2) is 51.6 Å². The quantitative estimate of drug-likeness (QED) is 0.866. The summed E-state index contributed by atoms with van der Waals surface area (Å²) in [4.78, 5) is 4.17. The number of methoxy groups -OCH3 is 2. The van der Waals surface area contributed by atoms with Crippen molar-refractivity contribution in [2.75, 3.05) is 33.9 Å². The zero-order valence-corrected chi connectivity index (χ0v) is 15.0. The number of nitrogens with one attached hydrogen (secondary N) is 1. The molecule has 0 amide bonds. The number of rotatable bonds is 5. The van der Waals surface area contributed by atoms with Crippen molar-refractivity contribution in [2.24, 2.45) is 0 Å². The van der Waals surface area contributed by atoms with Gasteiger partial charge >= 0.3 is 0 Å². The lowest BCUT2D eigenvalue weighted by molar-refractivity contribution is 0.268. The van der Waals surface area contributed by atoms with Crippen molar-refractivity contribution in [3.05, 3.63) is 48.3 Å². The minimum absolute atomic E-state index is 0.0517. The molecule has 1 aliphatic rings. The van der Waals surface area contributed by atoms with E-state index in [-0.39, 0.29) is 22.4 Å². The molecular weight excluding hydrogens is 342 g/mol. The van der Waals surface area contributed by atoms with E-state index in [0.29, 0.717) is 19.6 Å². The molecule has 8 heteroatoms. The monoisotopic (exact) mass is 363 g/mol. The molecule has 0 radical (unpaired) electrons. The van der Waals surface area contributed by atoms with Gasteiger partial charge in [0.25, 0.3) is 10.0 Å². The predicted molar refractivity (Wildman–Crippen MR) is 93.3 cm³/mol. The summed E-state index contributed by atoms with van der Waals surface area (Å²) in [5.41, 5.74) is 0.840. The largest absolute Gasteiger partial charge is 0.495 e. The molecule has 0 aliphatic carbocycles. The molecule has 2 heterocycles. The standard InChI is InChI=1S/C17H21N3O4S/c1-23-15-6-3-7-16(24-2)17(15)25(21,22)20-10-9-19-12-14(20)13-5-4-8-18-11-13/h3-8,11,14,19H,9-10,12H2,1-2H3. The molecule has 3 rings (SSSR count). The molecular formula is C17H21N3O4S. The van der Waals surface area contributed by atoms with Crippen LogP contribution in [0.15, 0.2) is 47.6 Å². The van der Waals surface area contributed by atoms with E-state index in [1.165, 1.54) is 18.5 Å². The fraction of sp³-hybridized carbons (Fsp3) is 0.353. The lowest BCUT2D eigenvalue weighted by Crippen LogP contribution is -2.48. The minimum Gasteiger partial charge on any atom is -0.495 e. The van der Waals surface area contributed by atoms with Crippen molar-refractivity contribution < 1.29 is 17.9 Å². The van der Waals surface area contributed by atoms with Gasteiger partial charge in [-0.1, -0.05) is 12.1 Å². The summed E-state index contributed by atoms with van der Waals surface area (Å²) in [5.74, 6) is 0.533. The van der Waals surface area contributed by atoms with Crippen LogP contribution in [0.2, 0.25) is 0 Å². The molecule has 1 atom stereocenters. The Labute approximate surface area is 147 Å². The third-order valence-corrected chi connectivity index (χ3v) is 6.19. The number of aromatic nitrogens is 1. The van der Waals surface area contributed by atoms with Crippen LogP contribution >= 0.6 is 0 Å². The Hall–Kier alpha value is -2.16. The van der Waals surface area contributed by atoms with Crippen LogP contribution in [0.4, 0.5) is 0 Å². The van der Waals surface area contributed by atoms with Gasteiger partial charge in [0.05, 0.1) is 20.3 Å². The third-order valence-electron chi connectivity index (χ3n) is 4.21. The van der Waals surface area contributed by atoms with E-state index < -0.39 is 10.0 Å². The van der Waals surface area contributed by atoms with Crippen molar-refractivity contribution >= 4 is 10.0 Å². The maximum absolute atomic E-state index is 13.4. The molecule has 1 aromatic heterocycles. The van der Waals surface area contributed by atoms with Crippen LogP contribution in [0.25, 0.3) is 0 Å². The van der Waals surface area contributed by atoms with E-state index in [1.807, 2.05) is 6.07 Å². The van der Waals surface area contributed by atoms with Crippen LogP contribution in [0.3, 0.4) is 0 Å². The third kappa shape index (κ3) is 3.33. The number of piperazine rings is 1. The van der Waals surface area contributed by atoms with Gasteiger partial charge in [-0.2, -0.15) is 4.31 Å². The van der Waals surface area contributed by atoms with Gasteiger partial charge in [-0.25, -0.2) is 8.42 Å². The lowest BCUT2D eigenvalue weighted by atomic mass is 10.1. The molecule has 25 heavy (non-hydrogen) atoms. The first-order chi connectivity index (χ1) is 12.1. The summed E-state index contributed by atoms with van der Waals surface area (Å²) in [5, 5.41) is 3.25. The molecule has 7 nitrogen and oxygen atoms in total. The zero-order chi connectivity index (χ0) is 17.9. The van der Waals surface area contributed by atoms with E-state index in [4.69, 9.17) is 9.47 Å². The topological polar surface area (TPSA) is 80.8 Å². The van der Waals surface area contributed by atoms with Gasteiger partial charge in [-0.3, -0.25) is 4.98 Å². The number of ether oxygens (including phenoxy) is 2. The van der Waals surface area contributed by atoms with Crippen molar-refractivity contribution in [1.29, 1.82) is 0 Å². The fourth-order valence-electron chi connectivity index (χ4n) is 3.02. The maximum atomic E-state index is 13.4. The number of sulfonamides is 1. The Morgan fingerprint density at radius 3 is 2.48 bits per heavy atom. The van der Waals surface area contributed by atoms with E-state index in [9.17, 15) is 8.42 Å². The second kappa shape index (κ2) is 7.38. The first-order valence-corrected chi connectivity index (χ1v) is 9.37. The van der Waals surface area contributed by atoms with Gasteiger partial charge in [0.2, 0.25) is 0 Å². The Kier molecular flexibility index (Phi) is 5.22. The van der Waals surface area contributed by atoms with Gasteiger partial charge in [0, 0.05) is 32.0 Å².